The number of hydrogen-bond acceptors (Lipinski definition) is 4. The van der Waals surface area contributed by atoms with Gasteiger partial charge in [0.2, 0.25) is 0 Å². The molecule has 2 N–H and O–H groups in total. The average molecular weight is 326 g/mol. The first-order valence-corrected chi connectivity index (χ1v) is 7.41. The molecule has 24 heavy (non-hydrogen) atoms. The number of carbonyl (C=O) groups is 2. The van der Waals surface area contributed by atoms with Gasteiger partial charge in [-0.15, -0.1) is 0 Å². The summed E-state index contributed by atoms with van der Waals surface area (Å²) in [5.74, 6) is -2.15. The van der Waals surface area contributed by atoms with Crippen LogP contribution in [0.5, 0.6) is 5.75 Å². The van der Waals surface area contributed by atoms with Crippen molar-refractivity contribution in [1.29, 1.82) is 0 Å². The highest BCUT2D eigenvalue weighted by Crippen LogP contribution is 2.22. The fraction of sp³-hybridized carbons (Fsp3) is 0.111. The molecule has 0 atom stereocenters. The Labute approximate surface area is 138 Å². The van der Waals surface area contributed by atoms with Crippen molar-refractivity contribution in [3.63, 3.8) is 0 Å². The van der Waals surface area contributed by atoms with E-state index in [1.54, 1.807) is 0 Å². The first-order valence-electron chi connectivity index (χ1n) is 7.41. The molecule has 0 saturated carbocycles. The molecule has 0 aliphatic carbocycles. The molecule has 6 heteroatoms. The Morgan fingerprint density at radius 1 is 1.08 bits per heavy atom. The third kappa shape index (κ3) is 3.27. The van der Waals surface area contributed by atoms with Crippen LogP contribution < -0.4 is 5.32 Å². The fourth-order valence-corrected chi connectivity index (χ4v) is 2.44. The Bertz CT molecular complexity index is 818. The standard InChI is InChI=1S/C18H15FN2O3/c19-14-10-13(6-7-16(14)22)20-15-11-17(23)21(18(15)24)9-8-12-4-2-1-3-5-12/h1-7,10-11,20,22H,8-9H2. The van der Waals surface area contributed by atoms with Gasteiger partial charge in [-0.05, 0) is 24.1 Å². The fourth-order valence-electron chi connectivity index (χ4n) is 2.44. The topological polar surface area (TPSA) is 69.6 Å². The minimum atomic E-state index is -0.807. The molecule has 2 aromatic rings. The molecular weight excluding hydrogens is 311 g/mol. The van der Waals surface area contributed by atoms with Crippen LogP contribution in [0.4, 0.5) is 10.1 Å². The van der Waals surface area contributed by atoms with Crippen LogP contribution in [-0.4, -0.2) is 28.4 Å². The van der Waals surface area contributed by atoms with Crippen molar-refractivity contribution < 1.29 is 19.1 Å². The molecule has 1 aliphatic heterocycles. The molecule has 0 saturated heterocycles. The SMILES string of the molecule is O=C1C=C(Nc2ccc(O)c(F)c2)C(=O)N1CCc1ccccc1. The van der Waals surface area contributed by atoms with E-state index in [4.69, 9.17) is 0 Å². The van der Waals surface area contributed by atoms with E-state index in [-0.39, 0.29) is 17.9 Å². The molecule has 3 rings (SSSR count). The lowest BCUT2D eigenvalue weighted by Crippen LogP contribution is -2.33. The van der Waals surface area contributed by atoms with E-state index in [1.165, 1.54) is 18.2 Å². The van der Waals surface area contributed by atoms with Crippen LogP contribution in [0.25, 0.3) is 0 Å². The zero-order chi connectivity index (χ0) is 17.1. The number of nitrogens with zero attached hydrogens (tertiary/aromatic N) is 1. The summed E-state index contributed by atoms with van der Waals surface area (Å²) in [6.45, 7) is 0.271. The minimum absolute atomic E-state index is 0.0816. The van der Waals surface area contributed by atoms with E-state index in [9.17, 15) is 19.1 Å². The molecule has 0 radical (unpaired) electrons. The average Bonchev–Trinajstić information content (AvgIpc) is 2.84. The number of aromatic hydroxyl groups is 1. The second-order valence-corrected chi connectivity index (χ2v) is 5.38. The molecule has 1 heterocycles. The number of benzene rings is 2. The number of amides is 2. The van der Waals surface area contributed by atoms with Crippen LogP contribution in [-0.2, 0) is 16.0 Å². The van der Waals surface area contributed by atoms with Crippen LogP contribution in [0.1, 0.15) is 5.56 Å². The normalized spacial score (nSPS) is 14.0. The summed E-state index contributed by atoms with van der Waals surface area (Å²) in [5, 5.41) is 11.9. The van der Waals surface area contributed by atoms with E-state index >= 15 is 0 Å². The molecule has 122 valence electrons. The highest BCUT2D eigenvalue weighted by atomic mass is 19.1. The molecule has 5 nitrogen and oxygen atoms in total. The van der Waals surface area contributed by atoms with Gasteiger partial charge in [0, 0.05) is 24.4 Å². The van der Waals surface area contributed by atoms with Crippen molar-refractivity contribution >= 4 is 17.5 Å². The largest absolute Gasteiger partial charge is 0.505 e. The molecule has 2 amide bonds. The van der Waals surface area contributed by atoms with Gasteiger partial charge in [-0.2, -0.15) is 0 Å². The summed E-state index contributed by atoms with van der Waals surface area (Å²) in [6.07, 6.45) is 1.76. The van der Waals surface area contributed by atoms with Gasteiger partial charge >= 0.3 is 0 Å². The number of anilines is 1. The number of halogens is 1. The van der Waals surface area contributed by atoms with Crippen LogP contribution in [0.2, 0.25) is 0 Å². The Balaban J connectivity index is 1.66. The van der Waals surface area contributed by atoms with Crippen molar-refractivity contribution in [1.82, 2.24) is 4.90 Å². The maximum atomic E-state index is 13.3. The number of rotatable bonds is 5. The van der Waals surface area contributed by atoms with E-state index in [2.05, 4.69) is 5.32 Å². The van der Waals surface area contributed by atoms with E-state index < -0.39 is 23.4 Å². The number of carbonyl (C=O) groups excluding carboxylic acids is 2. The lowest BCUT2D eigenvalue weighted by molar-refractivity contribution is -0.137. The molecule has 2 aromatic carbocycles. The summed E-state index contributed by atoms with van der Waals surface area (Å²) in [4.78, 5) is 25.5. The van der Waals surface area contributed by atoms with Gasteiger partial charge in [-0.1, -0.05) is 30.3 Å². The third-order valence-corrected chi connectivity index (χ3v) is 3.70. The lowest BCUT2D eigenvalue weighted by Gasteiger charge is -2.15. The van der Waals surface area contributed by atoms with Crippen LogP contribution in [0.15, 0.2) is 60.3 Å². The molecule has 0 spiro atoms. The van der Waals surface area contributed by atoms with Crippen molar-refractivity contribution in [2.45, 2.75) is 6.42 Å². The maximum Gasteiger partial charge on any atom is 0.277 e. The zero-order valence-corrected chi connectivity index (χ0v) is 12.7. The Kier molecular flexibility index (Phi) is 4.29. The Morgan fingerprint density at radius 3 is 2.54 bits per heavy atom. The number of nitrogens with one attached hydrogen (secondary N) is 1. The van der Waals surface area contributed by atoms with Gasteiger partial charge in [0.15, 0.2) is 11.6 Å². The van der Waals surface area contributed by atoms with Gasteiger partial charge in [0.05, 0.1) is 0 Å². The smallest absolute Gasteiger partial charge is 0.277 e. The van der Waals surface area contributed by atoms with E-state index in [0.717, 1.165) is 16.5 Å². The molecule has 1 aliphatic rings. The van der Waals surface area contributed by atoms with Gasteiger partial charge in [0.1, 0.15) is 5.70 Å². The zero-order valence-electron chi connectivity index (χ0n) is 12.7. The molecule has 0 aromatic heterocycles. The highest BCUT2D eigenvalue weighted by Gasteiger charge is 2.30. The van der Waals surface area contributed by atoms with Crippen molar-refractivity contribution in [3.05, 3.63) is 71.7 Å². The predicted molar refractivity (Wildman–Crippen MR) is 86.6 cm³/mol. The second-order valence-electron chi connectivity index (χ2n) is 5.38. The first kappa shape index (κ1) is 15.7. The predicted octanol–water partition coefficient (Wildman–Crippen LogP) is 2.44. The summed E-state index contributed by atoms with van der Waals surface area (Å²) in [5.41, 5.74) is 1.39. The minimum Gasteiger partial charge on any atom is -0.505 e. The maximum absolute atomic E-state index is 13.3. The van der Waals surface area contributed by atoms with Crippen molar-refractivity contribution in [2.75, 3.05) is 11.9 Å². The number of phenolic OH excluding ortho intramolecular Hbond substituents is 1. The summed E-state index contributed by atoms with van der Waals surface area (Å²) in [7, 11) is 0. The molecule has 0 unspecified atom stereocenters. The van der Waals surface area contributed by atoms with Gasteiger partial charge < -0.3 is 10.4 Å². The number of hydrogen-bond donors (Lipinski definition) is 2. The van der Waals surface area contributed by atoms with Crippen molar-refractivity contribution in [2.24, 2.45) is 0 Å². The second kappa shape index (κ2) is 6.54. The van der Waals surface area contributed by atoms with E-state index in [0.29, 0.717) is 6.42 Å². The van der Waals surface area contributed by atoms with Crippen molar-refractivity contribution in [3.8, 4) is 5.75 Å². The van der Waals surface area contributed by atoms with Crippen LogP contribution in [0, 0.1) is 5.82 Å². The van der Waals surface area contributed by atoms with Gasteiger partial charge in [-0.3, -0.25) is 14.5 Å². The van der Waals surface area contributed by atoms with Gasteiger partial charge in [0.25, 0.3) is 11.8 Å². The Morgan fingerprint density at radius 2 is 1.83 bits per heavy atom. The van der Waals surface area contributed by atoms with E-state index in [1.807, 2.05) is 30.3 Å². The monoisotopic (exact) mass is 326 g/mol. The highest BCUT2D eigenvalue weighted by molar-refractivity contribution is 6.17. The Hall–Kier alpha value is -3.15. The number of imide groups is 1. The molecule has 0 bridgehead atoms. The number of phenols is 1. The first-order chi connectivity index (χ1) is 11.5. The van der Waals surface area contributed by atoms with Crippen LogP contribution in [0.3, 0.4) is 0 Å². The third-order valence-electron chi connectivity index (χ3n) is 3.70. The summed E-state index contributed by atoms with van der Waals surface area (Å²) < 4.78 is 13.3. The summed E-state index contributed by atoms with van der Waals surface area (Å²) >= 11 is 0. The molecule has 0 fully saturated rings. The lowest BCUT2D eigenvalue weighted by atomic mass is 10.1. The summed E-state index contributed by atoms with van der Waals surface area (Å²) in [6, 6.07) is 13.2. The van der Waals surface area contributed by atoms with Gasteiger partial charge in [-0.25, -0.2) is 4.39 Å². The quantitative estimate of drug-likeness (QED) is 0.654. The van der Waals surface area contributed by atoms with Crippen LogP contribution >= 0.6 is 0 Å². The molecular formula is C18H15FN2O3.